The third-order valence-electron chi connectivity index (χ3n) is 3.71. The molecule has 0 radical (unpaired) electrons. The second kappa shape index (κ2) is 16.8. The molecule has 0 aromatic heterocycles. The first kappa shape index (κ1) is 24.4. The van der Waals surface area contributed by atoms with Gasteiger partial charge < -0.3 is 40.9 Å². The van der Waals surface area contributed by atoms with Crippen molar-refractivity contribution in [2.24, 2.45) is 0 Å². The molecule has 0 aromatic rings. The summed E-state index contributed by atoms with van der Waals surface area (Å²) in [5.74, 6) is 0. The molecule has 6 N–H and O–H groups in total. The van der Waals surface area contributed by atoms with E-state index < -0.39 is 0 Å². The van der Waals surface area contributed by atoms with Crippen molar-refractivity contribution in [2.45, 2.75) is 25.7 Å². The van der Waals surface area contributed by atoms with E-state index in [1.165, 1.54) is 9.80 Å². The van der Waals surface area contributed by atoms with Crippen LogP contribution in [0, 0.1) is 0 Å². The highest BCUT2D eigenvalue weighted by Gasteiger charge is 2.12. The number of hydrogen-bond acceptors (Lipinski definition) is 6. The van der Waals surface area contributed by atoms with Gasteiger partial charge in [0.2, 0.25) is 0 Å². The van der Waals surface area contributed by atoms with Gasteiger partial charge in [0.15, 0.2) is 0 Å². The van der Waals surface area contributed by atoms with E-state index in [0.717, 1.165) is 25.7 Å². The van der Waals surface area contributed by atoms with Crippen LogP contribution in [0.25, 0.3) is 0 Å². The Labute approximate surface area is 154 Å². The van der Waals surface area contributed by atoms with Gasteiger partial charge in [-0.1, -0.05) is 12.8 Å². The fraction of sp³-hybridized carbons (Fsp3) is 0.875. The van der Waals surface area contributed by atoms with Gasteiger partial charge in [-0.3, -0.25) is 0 Å². The number of hydrogen-bond donors (Lipinski definition) is 6. The number of nitrogens with zero attached hydrogens (tertiary/aromatic N) is 2. The Hall–Kier alpha value is -1.62. The zero-order valence-corrected chi connectivity index (χ0v) is 15.4. The van der Waals surface area contributed by atoms with Crippen molar-refractivity contribution in [2.75, 3.05) is 65.7 Å². The van der Waals surface area contributed by atoms with Gasteiger partial charge in [0.05, 0.1) is 26.4 Å². The predicted molar refractivity (Wildman–Crippen MR) is 96.8 cm³/mol. The van der Waals surface area contributed by atoms with Crippen molar-refractivity contribution in [1.82, 2.24) is 20.4 Å². The molecule has 0 saturated carbocycles. The zero-order valence-electron chi connectivity index (χ0n) is 15.4. The fourth-order valence-corrected chi connectivity index (χ4v) is 2.33. The van der Waals surface area contributed by atoms with Gasteiger partial charge in [-0.05, 0) is 12.8 Å². The van der Waals surface area contributed by atoms with E-state index in [1.807, 2.05) is 0 Å². The molecule has 0 bridgehead atoms. The highest BCUT2D eigenvalue weighted by Crippen LogP contribution is 1.99. The van der Waals surface area contributed by atoms with Crippen molar-refractivity contribution >= 4 is 12.1 Å². The lowest BCUT2D eigenvalue weighted by atomic mass is 10.2. The first-order chi connectivity index (χ1) is 12.6. The largest absolute Gasteiger partial charge is 0.395 e. The highest BCUT2D eigenvalue weighted by molar-refractivity contribution is 5.74. The number of aliphatic hydroxyl groups is 4. The van der Waals surface area contributed by atoms with Crippen molar-refractivity contribution in [1.29, 1.82) is 0 Å². The number of carbonyl (C=O) groups excluding carboxylic acids is 2. The lowest BCUT2D eigenvalue weighted by Crippen LogP contribution is -2.43. The van der Waals surface area contributed by atoms with E-state index in [1.54, 1.807) is 0 Å². The second-order valence-electron chi connectivity index (χ2n) is 5.75. The number of amides is 4. The molecule has 154 valence electrons. The summed E-state index contributed by atoms with van der Waals surface area (Å²) in [6.45, 7) is 1.20. The van der Waals surface area contributed by atoms with Crippen LogP contribution >= 0.6 is 0 Å². The maximum absolute atomic E-state index is 11.8. The molecule has 0 saturated heterocycles. The van der Waals surface area contributed by atoms with Crippen LogP contribution in [0.15, 0.2) is 0 Å². The van der Waals surface area contributed by atoms with Crippen LogP contribution in [0.5, 0.6) is 0 Å². The molecule has 0 spiro atoms. The minimum absolute atomic E-state index is 0.146. The van der Waals surface area contributed by atoms with Gasteiger partial charge in [-0.25, -0.2) is 9.59 Å². The Morgan fingerprint density at radius 3 is 1.15 bits per heavy atom. The smallest absolute Gasteiger partial charge is 0.317 e. The van der Waals surface area contributed by atoms with Crippen molar-refractivity contribution < 1.29 is 30.0 Å². The topological polar surface area (TPSA) is 146 Å². The third kappa shape index (κ3) is 11.9. The van der Waals surface area contributed by atoms with Crippen LogP contribution in [0.3, 0.4) is 0 Å². The van der Waals surface area contributed by atoms with Crippen LogP contribution in [-0.2, 0) is 0 Å². The van der Waals surface area contributed by atoms with Crippen LogP contribution in [0.1, 0.15) is 25.7 Å². The molecule has 4 amide bonds. The maximum Gasteiger partial charge on any atom is 0.317 e. The fourth-order valence-electron chi connectivity index (χ4n) is 2.33. The predicted octanol–water partition coefficient (Wildman–Crippen LogP) is -1.46. The molecular formula is C16H34N4O6. The van der Waals surface area contributed by atoms with E-state index >= 15 is 0 Å². The average molecular weight is 378 g/mol. The highest BCUT2D eigenvalue weighted by atomic mass is 16.3. The zero-order chi connectivity index (χ0) is 19.6. The molecular weight excluding hydrogens is 344 g/mol. The molecule has 0 unspecified atom stereocenters. The van der Waals surface area contributed by atoms with Crippen LogP contribution in [-0.4, -0.2) is 108 Å². The summed E-state index contributed by atoms with van der Waals surface area (Å²) in [4.78, 5) is 26.3. The molecule has 26 heavy (non-hydrogen) atoms. The summed E-state index contributed by atoms with van der Waals surface area (Å²) in [7, 11) is 0. The lowest BCUT2D eigenvalue weighted by molar-refractivity contribution is 0.158. The second-order valence-corrected chi connectivity index (χ2v) is 5.75. The van der Waals surface area contributed by atoms with E-state index in [2.05, 4.69) is 10.6 Å². The summed E-state index contributed by atoms with van der Waals surface area (Å²) in [6, 6.07) is -0.596. The van der Waals surface area contributed by atoms with Gasteiger partial charge in [0.25, 0.3) is 0 Å². The average Bonchev–Trinajstić information content (AvgIpc) is 2.63. The molecule has 10 nitrogen and oxygen atoms in total. The van der Waals surface area contributed by atoms with E-state index in [-0.39, 0.29) is 64.7 Å². The summed E-state index contributed by atoms with van der Waals surface area (Å²) in [5, 5.41) is 41.0. The monoisotopic (exact) mass is 378 g/mol. The molecule has 0 aliphatic heterocycles. The number of urea groups is 2. The van der Waals surface area contributed by atoms with E-state index in [0.29, 0.717) is 13.1 Å². The normalized spacial score (nSPS) is 10.5. The minimum Gasteiger partial charge on any atom is -0.395 e. The van der Waals surface area contributed by atoms with Gasteiger partial charge in [-0.15, -0.1) is 0 Å². The Morgan fingerprint density at radius 1 is 0.577 bits per heavy atom. The number of rotatable bonds is 15. The van der Waals surface area contributed by atoms with Gasteiger partial charge in [0.1, 0.15) is 0 Å². The molecule has 0 aliphatic carbocycles. The summed E-state index contributed by atoms with van der Waals surface area (Å²) in [5.41, 5.74) is 0. The van der Waals surface area contributed by atoms with Crippen molar-refractivity contribution in [3.63, 3.8) is 0 Å². The molecule has 0 aromatic carbocycles. The van der Waals surface area contributed by atoms with Gasteiger partial charge in [0, 0.05) is 39.3 Å². The SMILES string of the molecule is O=C(NCCCCCCNC(=O)N(CCO)CCO)N(CCO)CCO. The molecule has 0 rings (SSSR count). The van der Waals surface area contributed by atoms with Crippen LogP contribution in [0.4, 0.5) is 9.59 Å². The van der Waals surface area contributed by atoms with Gasteiger partial charge >= 0.3 is 12.1 Å². The van der Waals surface area contributed by atoms with Crippen LogP contribution in [0.2, 0.25) is 0 Å². The molecule has 10 heteroatoms. The first-order valence-electron chi connectivity index (χ1n) is 9.09. The molecule has 0 aliphatic rings. The van der Waals surface area contributed by atoms with Crippen molar-refractivity contribution in [3.8, 4) is 0 Å². The van der Waals surface area contributed by atoms with Crippen LogP contribution < -0.4 is 10.6 Å². The van der Waals surface area contributed by atoms with E-state index in [4.69, 9.17) is 20.4 Å². The molecule has 0 fully saturated rings. The quantitative estimate of drug-likeness (QED) is 0.192. The Kier molecular flexibility index (Phi) is 15.8. The maximum atomic E-state index is 11.8. The number of nitrogens with one attached hydrogen (secondary N) is 2. The summed E-state index contributed by atoms with van der Waals surface area (Å²) >= 11 is 0. The minimum atomic E-state index is -0.298. The number of unbranched alkanes of at least 4 members (excludes halogenated alkanes) is 3. The summed E-state index contributed by atoms with van der Waals surface area (Å²) < 4.78 is 0. The molecule has 0 atom stereocenters. The van der Waals surface area contributed by atoms with Crippen molar-refractivity contribution in [3.05, 3.63) is 0 Å². The number of carbonyl (C=O) groups is 2. The standard InChI is InChI=1S/C16H34N4O6/c21-11-7-19(8-12-22)15(25)17-5-3-1-2-4-6-18-16(26)20(9-13-23)10-14-24/h21-24H,1-14H2,(H,17,25)(H,18,26). The van der Waals surface area contributed by atoms with E-state index in [9.17, 15) is 9.59 Å². The Balaban J connectivity index is 3.71. The summed E-state index contributed by atoms with van der Waals surface area (Å²) in [6.07, 6.45) is 3.39. The number of aliphatic hydroxyl groups excluding tert-OH is 4. The molecule has 0 heterocycles. The first-order valence-corrected chi connectivity index (χ1v) is 9.09. The third-order valence-corrected chi connectivity index (χ3v) is 3.71. The Morgan fingerprint density at radius 2 is 0.885 bits per heavy atom. The Bertz CT molecular complexity index is 327. The lowest BCUT2D eigenvalue weighted by Gasteiger charge is -2.21. The van der Waals surface area contributed by atoms with Gasteiger partial charge in [-0.2, -0.15) is 0 Å².